The maximum atomic E-state index is 13.3. The van der Waals surface area contributed by atoms with Gasteiger partial charge in [0.05, 0.1) is 18.0 Å². The van der Waals surface area contributed by atoms with E-state index in [1.54, 1.807) is 6.07 Å². The van der Waals surface area contributed by atoms with Gasteiger partial charge in [0.1, 0.15) is 11.6 Å². The molecule has 0 bridgehead atoms. The first-order valence-electron chi connectivity index (χ1n) is 7.67. The molecule has 0 aliphatic heterocycles. The van der Waals surface area contributed by atoms with Crippen LogP contribution in [0.5, 0.6) is 0 Å². The summed E-state index contributed by atoms with van der Waals surface area (Å²) < 4.78 is 13.9. The highest BCUT2D eigenvalue weighted by Crippen LogP contribution is 2.28. The van der Waals surface area contributed by atoms with Crippen LogP contribution >= 0.6 is 15.9 Å². The Morgan fingerprint density at radius 3 is 2.56 bits per heavy atom. The van der Waals surface area contributed by atoms with Crippen LogP contribution in [-0.4, -0.2) is 28.2 Å². The van der Waals surface area contributed by atoms with E-state index < -0.39 is 0 Å². The van der Waals surface area contributed by atoms with Crippen molar-refractivity contribution in [2.75, 3.05) is 23.8 Å². The number of aliphatic hydroxyl groups excluding tert-OH is 1. The molecule has 1 aromatic heterocycles. The Kier molecular flexibility index (Phi) is 5.57. The molecule has 3 N–H and O–H groups in total. The first-order valence-corrected chi connectivity index (χ1v) is 8.46. The lowest BCUT2D eigenvalue weighted by molar-refractivity contribution is 0.311. The van der Waals surface area contributed by atoms with Gasteiger partial charge in [-0.05, 0) is 34.1 Å². The molecular weight excluding hydrogens is 387 g/mol. The van der Waals surface area contributed by atoms with E-state index in [1.807, 2.05) is 36.4 Å². The summed E-state index contributed by atoms with van der Waals surface area (Å²) in [5.41, 5.74) is 2.36. The second-order valence-corrected chi connectivity index (χ2v) is 6.08. The normalized spacial score (nSPS) is 10.5. The SMILES string of the molecule is OCCNc1nc(Nc2ccc(F)cc2Br)cc(-c2ccccc2)n1. The molecule has 0 aliphatic carbocycles. The molecule has 5 nitrogen and oxygen atoms in total. The monoisotopic (exact) mass is 402 g/mol. The van der Waals surface area contributed by atoms with E-state index in [0.717, 1.165) is 11.3 Å². The van der Waals surface area contributed by atoms with Gasteiger partial charge in [0.15, 0.2) is 0 Å². The van der Waals surface area contributed by atoms with Gasteiger partial charge in [-0.2, -0.15) is 4.98 Å². The van der Waals surface area contributed by atoms with Gasteiger partial charge in [-0.3, -0.25) is 0 Å². The van der Waals surface area contributed by atoms with Crippen molar-refractivity contribution in [3.8, 4) is 11.3 Å². The van der Waals surface area contributed by atoms with Crippen LogP contribution in [0.15, 0.2) is 59.1 Å². The molecule has 0 radical (unpaired) electrons. The lowest BCUT2D eigenvalue weighted by atomic mass is 10.1. The fourth-order valence-corrected chi connectivity index (χ4v) is 2.69. The molecular formula is C18H16BrFN4O. The highest BCUT2D eigenvalue weighted by molar-refractivity contribution is 9.10. The molecule has 3 rings (SSSR count). The molecule has 0 fully saturated rings. The quantitative estimate of drug-likeness (QED) is 0.576. The van der Waals surface area contributed by atoms with Crippen molar-refractivity contribution in [3.05, 3.63) is 64.9 Å². The number of benzene rings is 2. The van der Waals surface area contributed by atoms with Crippen LogP contribution in [-0.2, 0) is 0 Å². The highest BCUT2D eigenvalue weighted by Gasteiger charge is 2.09. The van der Waals surface area contributed by atoms with E-state index in [2.05, 4.69) is 36.5 Å². The summed E-state index contributed by atoms with van der Waals surface area (Å²) in [5.74, 6) is 0.633. The summed E-state index contributed by atoms with van der Waals surface area (Å²) in [6, 6.07) is 15.9. The smallest absolute Gasteiger partial charge is 0.225 e. The second kappa shape index (κ2) is 8.04. The van der Waals surface area contributed by atoms with Gasteiger partial charge in [-0.25, -0.2) is 9.37 Å². The molecule has 0 atom stereocenters. The largest absolute Gasteiger partial charge is 0.395 e. The minimum absolute atomic E-state index is 0.0226. The Balaban J connectivity index is 1.96. The lowest BCUT2D eigenvalue weighted by Gasteiger charge is -2.12. The van der Waals surface area contributed by atoms with E-state index in [-0.39, 0.29) is 12.4 Å². The number of halogens is 2. The number of hydrogen-bond donors (Lipinski definition) is 3. The molecule has 0 saturated carbocycles. The molecule has 25 heavy (non-hydrogen) atoms. The molecule has 0 saturated heterocycles. The first-order chi connectivity index (χ1) is 12.2. The zero-order valence-corrected chi connectivity index (χ0v) is 14.8. The summed E-state index contributed by atoms with van der Waals surface area (Å²) in [5, 5.41) is 15.1. The van der Waals surface area contributed by atoms with Crippen molar-refractivity contribution in [2.45, 2.75) is 0 Å². The van der Waals surface area contributed by atoms with E-state index >= 15 is 0 Å². The van der Waals surface area contributed by atoms with Gasteiger partial charge in [0.25, 0.3) is 0 Å². The number of rotatable bonds is 6. The third-order valence-corrected chi connectivity index (χ3v) is 4.04. The average molecular weight is 403 g/mol. The Labute approximate surface area is 153 Å². The van der Waals surface area contributed by atoms with Crippen molar-refractivity contribution in [2.24, 2.45) is 0 Å². The number of nitrogens with one attached hydrogen (secondary N) is 2. The van der Waals surface area contributed by atoms with Crippen LogP contribution in [0.4, 0.5) is 21.8 Å². The van der Waals surface area contributed by atoms with Crippen molar-refractivity contribution < 1.29 is 9.50 Å². The molecule has 7 heteroatoms. The Bertz CT molecular complexity index is 861. The molecule has 0 spiro atoms. The second-order valence-electron chi connectivity index (χ2n) is 5.23. The fraction of sp³-hybridized carbons (Fsp3) is 0.111. The molecule has 2 aromatic carbocycles. The Morgan fingerprint density at radius 1 is 1.04 bits per heavy atom. The van der Waals surface area contributed by atoms with Crippen molar-refractivity contribution in [1.29, 1.82) is 0 Å². The predicted octanol–water partition coefficient (Wildman–Crippen LogP) is 4.19. The summed E-state index contributed by atoms with van der Waals surface area (Å²) in [7, 11) is 0. The van der Waals surface area contributed by atoms with Crippen molar-refractivity contribution in [1.82, 2.24) is 9.97 Å². The van der Waals surface area contributed by atoms with Crippen LogP contribution in [0.1, 0.15) is 0 Å². The van der Waals surface area contributed by atoms with E-state index in [0.29, 0.717) is 28.5 Å². The number of nitrogens with zero attached hydrogens (tertiary/aromatic N) is 2. The Hall–Kier alpha value is -2.51. The van der Waals surface area contributed by atoms with Crippen LogP contribution < -0.4 is 10.6 Å². The van der Waals surface area contributed by atoms with Crippen LogP contribution in [0.2, 0.25) is 0 Å². The van der Waals surface area contributed by atoms with Gasteiger partial charge in [-0.1, -0.05) is 30.3 Å². The Morgan fingerprint density at radius 2 is 1.84 bits per heavy atom. The molecule has 0 unspecified atom stereocenters. The summed E-state index contributed by atoms with van der Waals surface area (Å²) in [6.45, 7) is 0.323. The molecule has 0 aliphatic rings. The fourth-order valence-electron chi connectivity index (χ4n) is 2.24. The van der Waals surface area contributed by atoms with Gasteiger partial charge >= 0.3 is 0 Å². The van der Waals surface area contributed by atoms with Crippen LogP contribution in [0.3, 0.4) is 0 Å². The number of aromatic nitrogens is 2. The van der Waals surface area contributed by atoms with Crippen molar-refractivity contribution >= 4 is 33.4 Å². The topological polar surface area (TPSA) is 70.1 Å². The number of aliphatic hydroxyl groups is 1. The van der Waals surface area contributed by atoms with E-state index in [9.17, 15) is 4.39 Å². The van der Waals surface area contributed by atoms with E-state index in [4.69, 9.17) is 5.11 Å². The zero-order valence-electron chi connectivity index (χ0n) is 13.2. The maximum Gasteiger partial charge on any atom is 0.225 e. The van der Waals surface area contributed by atoms with Crippen molar-refractivity contribution in [3.63, 3.8) is 0 Å². The predicted molar refractivity (Wildman–Crippen MR) is 100 cm³/mol. The third kappa shape index (κ3) is 4.52. The molecule has 0 amide bonds. The van der Waals surface area contributed by atoms with E-state index in [1.165, 1.54) is 12.1 Å². The third-order valence-electron chi connectivity index (χ3n) is 3.38. The zero-order chi connectivity index (χ0) is 17.6. The molecule has 1 heterocycles. The maximum absolute atomic E-state index is 13.3. The first kappa shape index (κ1) is 17.3. The minimum atomic E-state index is -0.324. The number of anilines is 3. The molecule has 128 valence electrons. The summed E-state index contributed by atoms with van der Waals surface area (Å²) >= 11 is 3.33. The van der Waals surface area contributed by atoms with Crippen LogP contribution in [0, 0.1) is 5.82 Å². The van der Waals surface area contributed by atoms with Gasteiger partial charge in [0.2, 0.25) is 5.95 Å². The van der Waals surface area contributed by atoms with Gasteiger partial charge in [0, 0.05) is 22.6 Å². The molecule has 3 aromatic rings. The summed E-state index contributed by atoms with van der Waals surface area (Å²) in [6.07, 6.45) is 0. The van der Waals surface area contributed by atoms with Gasteiger partial charge in [-0.15, -0.1) is 0 Å². The van der Waals surface area contributed by atoms with Crippen LogP contribution in [0.25, 0.3) is 11.3 Å². The highest BCUT2D eigenvalue weighted by atomic mass is 79.9. The summed E-state index contributed by atoms with van der Waals surface area (Å²) in [4.78, 5) is 8.87. The lowest BCUT2D eigenvalue weighted by Crippen LogP contribution is -2.10. The van der Waals surface area contributed by atoms with Gasteiger partial charge < -0.3 is 15.7 Å². The average Bonchev–Trinajstić information content (AvgIpc) is 2.63. The number of hydrogen-bond acceptors (Lipinski definition) is 5. The minimum Gasteiger partial charge on any atom is -0.395 e. The standard InChI is InChI=1S/C18H16BrFN4O/c19-14-10-13(20)6-7-15(14)22-17-11-16(12-4-2-1-3-5-12)23-18(24-17)21-8-9-25/h1-7,10-11,25H,8-9H2,(H2,21,22,23,24).